The molecule has 104 valence electrons. The van der Waals surface area contributed by atoms with E-state index < -0.39 is 0 Å². The average Bonchev–Trinajstić information content (AvgIpc) is 2.47. The third-order valence-electron chi connectivity index (χ3n) is 3.15. The van der Waals surface area contributed by atoms with Crippen LogP contribution in [0.5, 0.6) is 11.5 Å². The van der Waals surface area contributed by atoms with Crippen molar-refractivity contribution >= 4 is 12.0 Å². The van der Waals surface area contributed by atoms with E-state index in [1.807, 2.05) is 43.3 Å². The monoisotopic (exact) mass is 271 g/mol. The lowest BCUT2D eigenvalue weighted by Crippen LogP contribution is -2.08. The lowest BCUT2D eigenvalue weighted by atomic mass is 10.0. The Kier molecular flexibility index (Phi) is 3.94. The number of nitrogens with zero attached hydrogens (tertiary/aromatic N) is 1. The quantitative estimate of drug-likeness (QED) is 0.869. The molecule has 4 nitrogen and oxygen atoms in total. The summed E-state index contributed by atoms with van der Waals surface area (Å²) in [6.45, 7) is 0. The molecule has 1 N–H and O–H groups in total. The van der Waals surface area contributed by atoms with Gasteiger partial charge in [0.1, 0.15) is 0 Å². The second kappa shape index (κ2) is 5.65. The van der Waals surface area contributed by atoms with Crippen molar-refractivity contribution in [2.45, 2.75) is 0 Å². The van der Waals surface area contributed by atoms with Crippen molar-refractivity contribution in [3.63, 3.8) is 0 Å². The van der Waals surface area contributed by atoms with Gasteiger partial charge >= 0.3 is 0 Å². The van der Waals surface area contributed by atoms with Gasteiger partial charge in [-0.15, -0.1) is 0 Å². The number of carbonyl (C=O) groups is 1. The summed E-state index contributed by atoms with van der Waals surface area (Å²) >= 11 is 0. The van der Waals surface area contributed by atoms with E-state index in [1.165, 1.54) is 7.11 Å². The van der Waals surface area contributed by atoms with E-state index in [0.29, 0.717) is 12.0 Å². The molecular weight excluding hydrogens is 254 g/mol. The molecular formula is C16H17NO3. The van der Waals surface area contributed by atoms with Crippen LogP contribution < -0.4 is 9.64 Å². The average molecular weight is 271 g/mol. The Bertz CT molecular complexity index is 636. The predicted octanol–water partition coefficient (Wildman–Crippen LogP) is 2.95. The molecule has 0 atom stereocenters. The van der Waals surface area contributed by atoms with Gasteiger partial charge < -0.3 is 14.7 Å². The third-order valence-corrected chi connectivity index (χ3v) is 3.15. The molecule has 0 aliphatic rings. The minimum Gasteiger partial charge on any atom is -0.504 e. The molecule has 0 fully saturated rings. The fourth-order valence-electron chi connectivity index (χ4n) is 2.01. The van der Waals surface area contributed by atoms with Gasteiger partial charge in [0.25, 0.3) is 0 Å². The molecule has 0 aromatic heterocycles. The van der Waals surface area contributed by atoms with Crippen LogP contribution in [0.2, 0.25) is 0 Å². The zero-order valence-electron chi connectivity index (χ0n) is 11.8. The zero-order chi connectivity index (χ0) is 14.7. The summed E-state index contributed by atoms with van der Waals surface area (Å²) in [4.78, 5) is 13.0. The first-order chi connectivity index (χ1) is 9.56. The highest BCUT2D eigenvalue weighted by Gasteiger charge is 2.11. The molecule has 0 aliphatic carbocycles. The maximum Gasteiger partial charge on any atom is 0.168 e. The summed E-state index contributed by atoms with van der Waals surface area (Å²) in [5, 5.41) is 9.84. The van der Waals surface area contributed by atoms with Gasteiger partial charge in [-0.3, -0.25) is 4.79 Å². The molecule has 0 bridgehead atoms. The van der Waals surface area contributed by atoms with E-state index in [0.717, 1.165) is 16.8 Å². The maximum atomic E-state index is 11.0. The van der Waals surface area contributed by atoms with Crippen molar-refractivity contribution in [1.82, 2.24) is 0 Å². The van der Waals surface area contributed by atoms with Gasteiger partial charge in [-0.2, -0.15) is 0 Å². The van der Waals surface area contributed by atoms with Crippen molar-refractivity contribution in [3.05, 3.63) is 42.0 Å². The van der Waals surface area contributed by atoms with Crippen molar-refractivity contribution in [3.8, 4) is 22.6 Å². The number of methoxy groups -OCH3 is 1. The first kappa shape index (κ1) is 13.9. The van der Waals surface area contributed by atoms with Gasteiger partial charge in [-0.05, 0) is 35.4 Å². The van der Waals surface area contributed by atoms with Crippen LogP contribution >= 0.6 is 0 Å². The Morgan fingerprint density at radius 2 is 1.90 bits per heavy atom. The lowest BCUT2D eigenvalue weighted by Gasteiger charge is -2.14. The van der Waals surface area contributed by atoms with E-state index in [-0.39, 0.29) is 11.3 Å². The number of phenols is 1. The number of benzene rings is 2. The number of ether oxygens (including phenoxy) is 1. The van der Waals surface area contributed by atoms with Crippen LogP contribution in [0, 0.1) is 0 Å². The number of anilines is 1. The SMILES string of the molecule is COc1cc(-c2cccc(N(C)C)c2)cc(C=O)c1O. The second-order valence-corrected chi connectivity index (χ2v) is 4.68. The first-order valence-electron chi connectivity index (χ1n) is 6.20. The molecule has 2 aromatic rings. The smallest absolute Gasteiger partial charge is 0.168 e. The summed E-state index contributed by atoms with van der Waals surface area (Å²) in [5.74, 6) is 0.162. The molecule has 20 heavy (non-hydrogen) atoms. The van der Waals surface area contributed by atoms with Crippen molar-refractivity contribution in [1.29, 1.82) is 0 Å². The van der Waals surface area contributed by atoms with Crippen LogP contribution in [0.3, 0.4) is 0 Å². The topological polar surface area (TPSA) is 49.8 Å². The van der Waals surface area contributed by atoms with E-state index in [1.54, 1.807) is 12.1 Å². The minimum absolute atomic E-state index is 0.130. The molecule has 0 amide bonds. The Hall–Kier alpha value is -2.49. The van der Waals surface area contributed by atoms with Crippen LogP contribution in [0.25, 0.3) is 11.1 Å². The number of aldehydes is 1. The van der Waals surface area contributed by atoms with Crippen LogP contribution in [-0.4, -0.2) is 32.6 Å². The molecule has 0 spiro atoms. The summed E-state index contributed by atoms with van der Waals surface area (Å²) in [6, 6.07) is 11.3. The lowest BCUT2D eigenvalue weighted by molar-refractivity contribution is 0.112. The summed E-state index contributed by atoms with van der Waals surface area (Å²) in [5.41, 5.74) is 3.06. The highest BCUT2D eigenvalue weighted by atomic mass is 16.5. The molecule has 0 heterocycles. The van der Waals surface area contributed by atoms with Crippen LogP contribution in [0.4, 0.5) is 5.69 Å². The number of aromatic hydroxyl groups is 1. The molecule has 2 aromatic carbocycles. The van der Waals surface area contributed by atoms with Gasteiger partial charge in [0, 0.05) is 19.8 Å². The standard InChI is InChI=1S/C16H17NO3/c1-17(2)14-6-4-5-11(8-14)12-7-13(10-18)16(19)15(9-12)20-3/h4-10,19H,1-3H3. The minimum atomic E-state index is -0.130. The molecule has 0 unspecified atom stereocenters. The van der Waals surface area contributed by atoms with Gasteiger partial charge in [0.05, 0.1) is 12.7 Å². The van der Waals surface area contributed by atoms with Crippen molar-refractivity contribution in [2.75, 3.05) is 26.1 Å². The molecule has 0 aliphatic heterocycles. The highest BCUT2D eigenvalue weighted by Crippen LogP contribution is 2.35. The Morgan fingerprint density at radius 1 is 1.15 bits per heavy atom. The van der Waals surface area contributed by atoms with Gasteiger partial charge in [-0.25, -0.2) is 0 Å². The number of hydrogen-bond acceptors (Lipinski definition) is 4. The maximum absolute atomic E-state index is 11.0. The van der Waals surface area contributed by atoms with Crippen LogP contribution in [0.15, 0.2) is 36.4 Å². The van der Waals surface area contributed by atoms with E-state index >= 15 is 0 Å². The summed E-state index contributed by atoms with van der Waals surface area (Å²) < 4.78 is 5.11. The Balaban J connectivity index is 2.57. The van der Waals surface area contributed by atoms with Crippen molar-refractivity contribution < 1.29 is 14.6 Å². The normalized spacial score (nSPS) is 10.2. The molecule has 0 saturated heterocycles. The van der Waals surface area contributed by atoms with Crippen LogP contribution in [-0.2, 0) is 0 Å². The number of carbonyl (C=O) groups excluding carboxylic acids is 1. The zero-order valence-corrected chi connectivity index (χ0v) is 11.8. The highest BCUT2D eigenvalue weighted by molar-refractivity contribution is 5.85. The summed E-state index contributed by atoms with van der Waals surface area (Å²) in [6.07, 6.45) is 0.622. The number of rotatable bonds is 4. The van der Waals surface area contributed by atoms with Gasteiger partial charge in [0.2, 0.25) is 0 Å². The predicted molar refractivity (Wildman–Crippen MR) is 79.8 cm³/mol. The van der Waals surface area contributed by atoms with E-state index in [4.69, 9.17) is 4.74 Å². The Morgan fingerprint density at radius 3 is 2.50 bits per heavy atom. The second-order valence-electron chi connectivity index (χ2n) is 4.68. The number of hydrogen-bond donors (Lipinski definition) is 1. The number of phenolic OH excluding ortho intramolecular Hbond substituents is 1. The van der Waals surface area contributed by atoms with Crippen LogP contribution in [0.1, 0.15) is 10.4 Å². The van der Waals surface area contributed by atoms with E-state index in [9.17, 15) is 9.90 Å². The Labute approximate surface area is 118 Å². The molecule has 2 rings (SSSR count). The molecule has 0 radical (unpaired) electrons. The fraction of sp³-hybridized carbons (Fsp3) is 0.188. The molecule has 0 saturated carbocycles. The third kappa shape index (κ3) is 2.59. The van der Waals surface area contributed by atoms with Gasteiger partial charge in [-0.1, -0.05) is 12.1 Å². The molecule has 4 heteroatoms. The van der Waals surface area contributed by atoms with Gasteiger partial charge in [0.15, 0.2) is 17.8 Å². The largest absolute Gasteiger partial charge is 0.504 e. The van der Waals surface area contributed by atoms with Crippen molar-refractivity contribution in [2.24, 2.45) is 0 Å². The first-order valence-corrected chi connectivity index (χ1v) is 6.20. The fourth-order valence-corrected chi connectivity index (χ4v) is 2.01. The van der Waals surface area contributed by atoms with E-state index in [2.05, 4.69) is 0 Å². The summed E-state index contributed by atoms with van der Waals surface area (Å²) in [7, 11) is 5.39.